The first kappa shape index (κ1) is 20.5. The molecule has 3 aromatic carbocycles. The highest BCUT2D eigenvalue weighted by atomic mass is 32.2. The number of anilines is 2. The minimum Gasteiger partial charge on any atom is -0.325 e. The number of carbonyl (C=O) groups is 1. The van der Waals surface area contributed by atoms with Gasteiger partial charge in [-0.1, -0.05) is 35.9 Å². The van der Waals surface area contributed by atoms with Crippen LogP contribution in [0.5, 0.6) is 0 Å². The summed E-state index contributed by atoms with van der Waals surface area (Å²) in [6.07, 6.45) is 0. The number of hydrogen-bond donors (Lipinski definition) is 1. The van der Waals surface area contributed by atoms with Crippen LogP contribution in [0.15, 0.2) is 77.7 Å². The number of benzene rings is 3. The van der Waals surface area contributed by atoms with Gasteiger partial charge in [0.25, 0.3) is 10.0 Å². The Hall–Kier alpha value is -3.19. The molecule has 0 aromatic heterocycles. The van der Waals surface area contributed by atoms with Crippen LogP contribution >= 0.6 is 0 Å². The van der Waals surface area contributed by atoms with E-state index in [-0.39, 0.29) is 4.90 Å². The van der Waals surface area contributed by atoms with Crippen LogP contribution in [0.1, 0.15) is 11.1 Å². The zero-order valence-electron chi connectivity index (χ0n) is 16.1. The number of nitrogens with one attached hydrogen (secondary N) is 1. The average molecular weight is 412 g/mol. The predicted octanol–water partition coefficient (Wildman–Crippen LogP) is 4.28. The van der Waals surface area contributed by atoms with E-state index < -0.39 is 28.3 Å². The van der Waals surface area contributed by atoms with Crippen LogP contribution in [0.4, 0.5) is 15.8 Å². The first-order valence-corrected chi connectivity index (χ1v) is 10.4. The fraction of sp³-hybridized carbons (Fsp3) is 0.136. The maximum Gasteiger partial charge on any atom is 0.264 e. The molecule has 0 fully saturated rings. The monoisotopic (exact) mass is 412 g/mol. The lowest BCUT2D eigenvalue weighted by molar-refractivity contribution is -0.114. The van der Waals surface area contributed by atoms with Crippen LogP contribution in [0, 0.1) is 19.7 Å². The molecule has 0 bridgehead atoms. The number of nitrogens with zero attached hydrogens (tertiary/aromatic N) is 1. The van der Waals surface area contributed by atoms with Crippen molar-refractivity contribution in [2.45, 2.75) is 18.7 Å². The molecule has 1 N–H and O–H groups in total. The third kappa shape index (κ3) is 4.81. The van der Waals surface area contributed by atoms with Crippen molar-refractivity contribution >= 4 is 27.3 Å². The Kier molecular flexibility index (Phi) is 5.98. The second-order valence-corrected chi connectivity index (χ2v) is 8.53. The van der Waals surface area contributed by atoms with Crippen molar-refractivity contribution in [1.82, 2.24) is 0 Å². The van der Waals surface area contributed by atoms with Crippen LogP contribution in [-0.2, 0) is 14.8 Å². The van der Waals surface area contributed by atoms with Gasteiger partial charge in [0, 0.05) is 5.69 Å². The Morgan fingerprint density at radius 1 is 0.931 bits per heavy atom. The summed E-state index contributed by atoms with van der Waals surface area (Å²) in [5, 5.41) is 2.61. The molecule has 0 saturated carbocycles. The van der Waals surface area contributed by atoms with E-state index in [1.54, 1.807) is 43.3 Å². The van der Waals surface area contributed by atoms with Gasteiger partial charge < -0.3 is 5.32 Å². The summed E-state index contributed by atoms with van der Waals surface area (Å²) in [7, 11) is -3.97. The molecular weight excluding hydrogens is 391 g/mol. The van der Waals surface area contributed by atoms with Crippen molar-refractivity contribution in [3.8, 4) is 0 Å². The number of aryl methyl sites for hydroxylation is 2. The van der Waals surface area contributed by atoms with Crippen LogP contribution < -0.4 is 9.62 Å². The van der Waals surface area contributed by atoms with Gasteiger partial charge in [0.05, 0.1) is 10.6 Å². The van der Waals surface area contributed by atoms with Gasteiger partial charge in [-0.3, -0.25) is 9.10 Å². The zero-order valence-corrected chi connectivity index (χ0v) is 16.9. The average Bonchev–Trinajstić information content (AvgIpc) is 2.69. The van der Waals surface area contributed by atoms with Gasteiger partial charge >= 0.3 is 0 Å². The summed E-state index contributed by atoms with van der Waals surface area (Å²) >= 11 is 0. The topological polar surface area (TPSA) is 66.5 Å². The second kappa shape index (κ2) is 8.45. The lowest BCUT2D eigenvalue weighted by Crippen LogP contribution is -2.38. The molecule has 0 aliphatic heterocycles. The van der Waals surface area contributed by atoms with E-state index >= 15 is 0 Å². The van der Waals surface area contributed by atoms with Crippen LogP contribution in [0.3, 0.4) is 0 Å². The Bertz CT molecular complexity index is 1110. The molecule has 0 saturated heterocycles. The van der Waals surface area contributed by atoms with Crippen molar-refractivity contribution in [2.75, 3.05) is 16.2 Å². The number of amides is 1. The summed E-state index contributed by atoms with van der Waals surface area (Å²) in [6.45, 7) is 3.23. The molecule has 0 spiro atoms. The lowest BCUT2D eigenvalue weighted by Gasteiger charge is -2.25. The molecule has 0 atom stereocenters. The number of hydrogen-bond acceptors (Lipinski definition) is 3. The minimum absolute atomic E-state index is 0.0981. The highest BCUT2D eigenvalue weighted by Crippen LogP contribution is 2.27. The third-order valence-corrected chi connectivity index (χ3v) is 6.18. The quantitative estimate of drug-likeness (QED) is 0.657. The first-order valence-electron chi connectivity index (χ1n) is 8.98. The van der Waals surface area contributed by atoms with Crippen molar-refractivity contribution < 1.29 is 17.6 Å². The molecule has 0 radical (unpaired) electrons. The first-order chi connectivity index (χ1) is 13.8. The van der Waals surface area contributed by atoms with Crippen LogP contribution in [-0.4, -0.2) is 20.9 Å². The molecule has 0 unspecified atom stereocenters. The molecular formula is C22H21FN2O3S. The largest absolute Gasteiger partial charge is 0.325 e. The summed E-state index contributed by atoms with van der Waals surface area (Å²) < 4.78 is 40.8. The molecule has 0 aliphatic carbocycles. The summed E-state index contributed by atoms with van der Waals surface area (Å²) in [6, 6.07) is 18.7. The molecule has 3 rings (SSSR count). The molecule has 1 amide bonds. The van der Waals surface area contributed by atoms with Gasteiger partial charge in [-0.25, -0.2) is 12.8 Å². The summed E-state index contributed by atoms with van der Waals surface area (Å²) in [5.41, 5.74) is 2.45. The zero-order chi connectivity index (χ0) is 21.0. The molecule has 5 nitrogen and oxygen atoms in total. The van der Waals surface area contributed by atoms with E-state index in [1.165, 1.54) is 36.4 Å². The highest BCUT2D eigenvalue weighted by molar-refractivity contribution is 7.92. The van der Waals surface area contributed by atoms with Crippen molar-refractivity contribution in [2.24, 2.45) is 0 Å². The van der Waals surface area contributed by atoms with Crippen molar-refractivity contribution in [3.05, 3.63) is 89.7 Å². The molecule has 150 valence electrons. The molecule has 0 aliphatic rings. The third-order valence-electron chi connectivity index (χ3n) is 4.41. The molecule has 0 heterocycles. The van der Waals surface area contributed by atoms with E-state index in [1.807, 2.05) is 6.92 Å². The second-order valence-electron chi connectivity index (χ2n) is 6.67. The minimum atomic E-state index is -3.97. The highest BCUT2D eigenvalue weighted by Gasteiger charge is 2.28. The van der Waals surface area contributed by atoms with Crippen molar-refractivity contribution in [1.29, 1.82) is 0 Å². The van der Waals surface area contributed by atoms with Crippen LogP contribution in [0.2, 0.25) is 0 Å². The number of para-hydroxylation sites is 1. The van der Waals surface area contributed by atoms with Gasteiger partial charge in [-0.05, 0) is 61.9 Å². The number of rotatable bonds is 6. The smallest absolute Gasteiger partial charge is 0.264 e. The SMILES string of the molecule is Cc1ccc(S(=O)(=O)N(CC(=O)Nc2ccc(F)cc2)c2ccccc2C)cc1. The van der Waals surface area contributed by atoms with Crippen LogP contribution in [0.25, 0.3) is 0 Å². The van der Waals surface area contributed by atoms with Gasteiger partial charge in [0.15, 0.2) is 0 Å². The van der Waals surface area contributed by atoms with E-state index in [4.69, 9.17) is 0 Å². The normalized spacial score (nSPS) is 11.1. The predicted molar refractivity (Wildman–Crippen MR) is 112 cm³/mol. The summed E-state index contributed by atoms with van der Waals surface area (Å²) in [5.74, 6) is -0.956. The molecule has 3 aromatic rings. The van der Waals surface area contributed by atoms with E-state index in [2.05, 4.69) is 5.32 Å². The van der Waals surface area contributed by atoms with Gasteiger partial charge in [-0.2, -0.15) is 0 Å². The Morgan fingerprint density at radius 3 is 2.17 bits per heavy atom. The Balaban J connectivity index is 1.95. The fourth-order valence-electron chi connectivity index (χ4n) is 2.84. The molecule has 7 heteroatoms. The fourth-order valence-corrected chi connectivity index (χ4v) is 4.33. The number of carbonyl (C=O) groups excluding carboxylic acids is 1. The van der Waals surface area contributed by atoms with E-state index in [0.717, 1.165) is 15.4 Å². The van der Waals surface area contributed by atoms with E-state index in [0.29, 0.717) is 11.4 Å². The maximum atomic E-state index is 13.3. The number of halogens is 1. The van der Waals surface area contributed by atoms with Gasteiger partial charge in [-0.15, -0.1) is 0 Å². The Labute approximate surface area is 169 Å². The van der Waals surface area contributed by atoms with Gasteiger partial charge in [0.2, 0.25) is 5.91 Å². The summed E-state index contributed by atoms with van der Waals surface area (Å²) in [4.78, 5) is 12.7. The standard InChI is InChI=1S/C22H21FN2O3S/c1-16-7-13-20(14-8-16)29(27,28)25(21-6-4-3-5-17(21)2)15-22(26)24-19-11-9-18(23)10-12-19/h3-14H,15H2,1-2H3,(H,24,26). The maximum absolute atomic E-state index is 13.3. The Morgan fingerprint density at radius 2 is 1.55 bits per heavy atom. The molecule has 29 heavy (non-hydrogen) atoms. The van der Waals surface area contributed by atoms with Gasteiger partial charge in [0.1, 0.15) is 12.4 Å². The number of sulfonamides is 1. The lowest BCUT2D eigenvalue weighted by atomic mass is 10.2. The van der Waals surface area contributed by atoms with E-state index in [9.17, 15) is 17.6 Å². The van der Waals surface area contributed by atoms with Crippen molar-refractivity contribution in [3.63, 3.8) is 0 Å².